The summed E-state index contributed by atoms with van der Waals surface area (Å²) in [5.74, 6) is 0.386. The number of ether oxygens (including phenoxy) is 1. The van der Waals surface area contributed by atoms with Crippen LogP contribution in [0.3, 0.4) is 0 Å². The molecule has 1 fully saturated rings. The fourth-order valence-corrected chi connectivity index (χ4v) is 5.95. The van der Waals surface area contributed by atoms with Crippen molar-refractivity contribution in [3.05, 3.63) is 57.6 Å². The third-order valence-electron chi connectivity index (χ3n) is 5.76. The number of benzene rings is 2. The van der Waals surface area contributed by atoms with Gasteiger partial charge in [0.25, 0.3) is 0 Å². The molecule has 1 saturated heterocycles. The van der Waals surface area contributed by atoms with E-state index in [1.807, 2.05) is 12.1 Å². The molecule has 2 aromatic rings. The van der Waals surface area contributed by atoms with Crippen molar-refractivity contribution in [3.8, 4) is 5.75 Å². The first-order valence-electron chi connectivity index (χ1n) is 9.68. The lowest BCUT2D eigenvalue weighted by Crippen LogP contribution is -2.49. The molecule has 2 unspecified atom stereocenters. The van der Waals surface area contributed by atoms with Crippen LogP contribution in [-0.4, -0.2) is 44.7 Å². The molecule has 29 heavy (non-hydrogen) atoms. The van der Waals surface area contributed by atoms with E-state index in [0.29, 0.717) is 5.75 Å². The number of nitrogens with zero attached hydrogens (tertiary/aromatic N) is 1. The molecule has 0 aromatic heterocycles. The van der Waals surface area contributed by atoms with E-state index in [2.05, 4.69) is 17.0 Å². The first-order chi connectivity index (χ1) is 13.8. The van der Waals surface area contributed by atoms with Gasteiger partial charge in [0.15, 0.2) is 9.84 Å². The fourth-order valence-electron chi connectivity index (χ4n) is 4.37. The lowest BCUT2D eigenvalue weighted by Gasteiger charge is -2.38. The van der Waals surface area contributed by atoms with Crippen molar-refractivity contribution in [3.63, 3.8) is 0 Å². The highest BCUT2D eigenvalue weighted by atomic mass is 35.5. The van der Waals surface area contributed by atoms with E-state index >= 15 is 0 Å². The Balaban J connectivity index is 1.69. The van der Waals surface area contributed by atoms with Crippen molar-refractivity contribution in [2.45, 2.75) is 42.3 Å². The molecule has 0 radical (unpaired) electrons. The lowest BCUT2D eigenvalue weighted by atomic mass is 10.0. The van der Waals surface area contributed by atoms with Crippen molar-refractivity contribution in [2.24, 2.45) is 5.73 Å². The molecule has 1 aliphatic carbocycles. The minimum atomic E-state index is -3.48. The number of rotatable bonds is 4. The minimum Gasteiger partial charge on any atom is -0.482 e. The predicted octanol–water partition coefficient (Wildman–Crippen LogP) is 3.86. The maximum Gasteiger partial charge on any atom is 0.177 e. The van der Waals surface area contributed by atoms with Gasteiger partial charge in [0.2, 0.25) is 0 Å². The number of hydrogen-bond acceptors (Lipinski definition) is 5. The smallest absolute Gasteiger partial charge is 0.177 e. The number of fused-ring (bicyclic) bond motifs is 1. The van der Waals surface area contributed by atoms with Gasteiger partial charge in [0.05, 0.1) is 16.0 Å². The summed E-state index contributed by atoms with van der Waals surface area (Å²) in [6, 6.07) is 11.6. The molecule has 0 saturated carbocycles. The Labute approximate surface area is 181 Å². The summed E-state index contributed by atoms with van der Waals surface area (Å²) in [6.07, 6.45) is 3.86. The van der Waals surface area contributed by atoms with Gasteiger partial charge in [0, 0.05) is 18.8 Å². The van der Waals surface area contributed by atoms with Crippen LogP contribution in [0.4, 0.5) is 0 Å². The van der Waals surface area contributed by atoms with Crippen LogP contribution in [0, 0.1) is 0 Å². The first-order valence-corrected chi connectivity index (χ1v) is 12.3. The number of sulfone groups is 1. The van der Waals surface area contributed by atoms with E-state index in [4.69, 9.17) is 33.7 Å². The van der Waals surface area contributed by atoms with Gasteiger partial charge in [-0.25, -0.2) is 8.42 Å². The van der Waals surface area contributed by atoms with Gasteiger partial charge in [0.1, 0.15) is 16.9 Å². The SMILES string of the molecule is CS(=O)(=O)c1ccc(OC2c3ccccc3CC2N2CCC[C@@H](N)C2)c(Cl)c1Cl. The second-order valence-corrected chi connectivity index (χ2v) is 10.6. The van der Waals surface area contributed by atoms with Crippen LogP contribution in [0.1, 0.15) is 30.1 Å². The molecule has 8 heteroatoms. The zero-order valence-corrected chi connectivity index (χ0v) is 18.5. The molecule has 0 spiro atoms. The maximum atomic E-state index is 11.9. The van der Waals surface area contributed by atoms with E-state index in [1.54, 1.807) is 6.07 Å². The summed E-state index contributed by atoms with van der Waals surface area (Å²) in [6.45, 7) is 1.81. The molecule has 5 nitrogen and oxygen atoms in total. The minimum absolute atomic E-state index is 0.00175. The highest BCUT2D eigenvalue weighted by molar-refractivity contribution is 7.90. The van der Waals surface area contributed by atoms with E-state index in [-0.39, 0.29) is 33.1 Å². The number of nitrogens with two attached hydrogens (primary N) is 1. The summed E-state index contributed by atoms with van der Waals surface area (Å²) < 4.78 is 30.2. The predicted molar refractivity (Wildman–Crippen MR) is 116 cm³/mol. The first kappa shape index (κ1) is 20.9. The summed E-state index contributed by atoms with van der Waals surface area (Å²) in [7, 11) is -3.48. The second-order valence-electron chi connectivity index (χ2n) is 7.87. The van der Waals surface area contributed by atoms with Crippen molar-refractivity contribution >= 4 is 33.0 Å². The molecular weight excluding hydrogens is 431 g/mol. The van der Waals surface area contributed by atoms with Crippen LogP contribution in [0.15, 0.2) is 41.3 Å². The lowest BCUT2D eigenvalue weighted by molar-refractivity contribution is 0.0593. The Morgan fingerprint density at radius 3 is 2.62 bits per heavy atom. The molecule has 1 heterocycles. The van der Waals surface area contributed by atoms with E-state index in [0.717, 1.165) is 44.2 Å². The Kier molecular flexibility index (Phi) is 5.84. The second kappa shape index (κ2) is 8.08. The van der Waals surface area contributed by atoms with Gasteiger partial charge in [-0.2, -0.15) is 0 Å². The van der Waals surface area contributed by atoms with Gasteiger partial charge in [-0.05, 0) is 49.1 Å². The Hall–Kier alpha value is -1.31. The molecule has 156 valence electrons. The maximum absolute atomic E-state index is 11.9. The summed E-state index contributed by atoms with van der Waals surface area (Å²) in [5, 5.41) is 0.113. The number of piperidine rings is 1. The quantitative estimate of drug-likeness (QED) is 0.758. The summed E-state index contributed by atoms with van der Waals surface area (Å²) >= 11 is 12.7. The Bertz CT molecular complexity index is 1030. The largest absolute Gasteiger partial charge is 0.482 e. The molecule has 0 bridgehead atoms. The van der Waals surface area contributed by atoms with Gasteiger partial charge < -0.3 is 10.5 Å². The van der Waals surface area contributed by atoms with Crippen LogP contribution in [-0.2, 0) is 16.3 Å². The molecular formula is C21H24Cl2N2O3S. The topological polar surface area (TPSA) is 72.6 Å². The molecule has 2 aromatic carbocycles. The highest BCUT2D eigenvalue weighted by Gasteiger charge is 2.39. The Morgan fingerprint density at radius 1 is 1.14 bits per heavy atom. The number of halogens is 2. The zero-order chi connectivity index (χ0) is 20.8. The van der Waals surface area contributed by atoms with Crippen LogP contribution in [0.2, 0.25) is 10.0 Å². The van der Waals surface area contributed by atoms with Crippen molar-refractivity contribution in [1.82, 2.24) is 4.90 Å². The number of hydrogen-bond donors (Lipinski definition) is 1. The Morgan fingerprint density at radius 2 is 1.90 bits per heavy atom. The zero-order valence-electron chi connectivity index (χ0n) is 16.1. The summed E-state index contributed by atoms with van der Waals surface area (Å²) in [4.78, 5) is 2.40. The molecule has 2 aliphatic rings. The molecule has 0 amide bonds. The normalized spacial score (nSPS) is 25.0. The van der Waals surface area contributed by atoms with Gasteiger partial charge >= 0.3 is 0 Å². The molecule has 1 aliphatic heterocycles. The van der Waals surface area contributed by atoms with Gasteiger partial charge in [-0.15, -0.1) is 0 Å². The van der Waals surface area contributed by atoms with Crippen molar-refractivity contribution < 1.29 is 13.2 Å². The third-order valence-corrected chi connectivity index (χ3v) is 7.88. The van der Waals surface area contributed by atoms with Crippen molar-refractivity contribution in [2.75, 3.05) is 19.3 Å². The monoisotopic (exact) mass is 454 g/mol. The van der Waals surface area contributed by atoms with Crippen molar-refractivity contribution in [1.29, 1.82) is 0 Å². The molecule has 3 atom stereocenters. The number of likely N-dealkylation sites (tertiary alicyclic amines) is 1. The molecule has 4 rings (SSSR count). The van der Waals surface area contributed by atoms with Crippen LogP contribution in [0.5, 0.6) is 5.75 Å². The standard InChI is InChI=1S/C21H24Cl2N2O3S/c1-29(26,27)18-9-8-17(19(22)20(18)23)28-21-15-7-3-2-5-13(15)11-16(21)25-10-4-6-14(24)12-25/h2-3,5,7-9,14,16,21H,4,6,10-12,24H2,1H3/t14-,16?,21?/m1/s1. The van der Waals surface area contributed by atoms with Crippen LogP contribution >= 0.6 is 23.2 Å². The van der Waals surface area contributed by atoms with Crippen LogP contribution in [0.25, 0.3) is 0 Å². The molecule has 2 N–H and O–H groups in total. The third kappa shape index (κ3) is 4.14. The van der Waals surface area contributed by atoms with E-state index in [9.17, 15) is 8.42 Å². The average molecular weight is 455 g/mol. The highest BCUT2D eigenvalue weighted by Crippen LogP contribution is 2.43. The fraction of sp³-hybridized carbons (Fsp3) is 0.429. The summed E-state index contributed by atoms with van der Waals surface area (Å²) in [5.41, 5.74) is 8.59. The van der Waals surface area contributed by atoms with Crippen LogP contribution < -0.4 is 10.5 Å². The van der Waals surface area contributed by atoms with E-state index in [1.165, 1.54) is 11.6 Å². The average Bonchev–Trinajstić information content (AvgIpc) is 3.03. The van der Waals surface area contributed by atoms with Gasteiger partial charge in [-0.3, -0.25) is 4.90 Å². The van der Waals surface area contributed by atoms with Gasteiger partial charge in [-0.1, -0.05) is 47.5 Å². The van der Waals surface area contributed by atoms with E-state index < -0.39 is 9.84 Å².